The summed E-state index contributed by atoms with van der Waals surface area (Å²) in [5.41, 5.74) is 0.645. The van der Waals surface area contributed by atoms with Crippen LogP contribution in [0.1, 0.15) is 35.3 Å². The van der Waals surface area contributed by atoms with Crippen molar-refractivity contribution in [3.05, 3.63) is 53.6 Å². The average molecular weight is 385 g/mol. The third-order valence-corrected chi connectivity index (χ3v) is 4.64. The molecule has 0 saturated carbocycles. The van der Waals surface area contributed by atoms with E-state index in [-0.39, 0.29) is 24.6 Å². The van der Waals surface area contributed by atoms with Crippen LogP contribution in [-0.4, -0.2) is 53.4 Å². The number of hydrogen-bond donors (Lipinski definition) is 1. The Morgan fingerprint density at radius 3 is 2.68 bits per heavy atom. The van der Waals surface area contributed by atoms with E-state index in [1.807, 2.05) is 0 Å². The van der Waals surface area contributed by atoms with Gasteiger partial charge >= 0.3 is 0 Å². The second kappa shape index (κ2) is 9.25. The highest BCUT2D eigenvalue weighted by Gasteiger charge is 2.18. The quantitative estimate of drug-likeness (QED) is 0.823. The number of benzene rings is 1. The number of carbonyl (C=O) groups excluding carboxylic acids is 2. The predicted octanol–water partition coefficient (Wildman–Crippen LogP) is 1.99. The fourth-order valence-electron chi connectivity index (χ4n) is 3.10. The number of nitrogens with one attached hydrogen (secondary N) is 1. The van der Waals surface area contributed by atoms with E-state index in [1.54, 1.807) is 18.3 Å². The van der Waals surface area contributed by atoms with Crippen LogP contribution in [0.3, 0.4) is 0 Å². The number of likely N-dealkylation sites (N-methyl/N-ethyl adjacent to an activating group) is 1. The lowest BCUT2D eigenvalue weighted by Gasteiger charge is -2.26. The van der Waals surface area contributed by atoms with Gasteiger partial charge in [-0.2, -0.15) is 0 Å². The normalized spacial score (nSPS) is 13.9. The molecule has 28 heavy (non-hydrogen) atoms. The van der Waals surface area contributed by atoms with Crippen LogP contribution in [0.5, 0.6) is 0 Å². The molecule has 0 aliphatic carbocycles. The minimum atomic E-state index is -0.606. The first-order chi connectivity index (χ1) is 13.5. The molecule has 0 bridgehead atoms. The molecule has 1 fully saturated rings. The van der Waals surface area contributed by atoms with Crippen molar-refractivity contribution in [1.29, 1.82) is 0 Å². The van der Waals surface area contributed by atoms with Gasteiger partial charge in [0.1, 0.15) is 5.82 Å². The van der Waals surface area contributed by atoms with E-state index >= 15 is 0 Å². The van der Waals surface area contributed by atoms with E-state index in [1.165, 1.54) is 36.6 Å². The maximum atomic E-state index is 13.7. The summed E-state index contributed by atoms with van der Waals surface area (Å²) in [4.78, 5) is 36.6. The molecule has 1 saturated heterocycles. The number of carbonyl (C=O) groups is 2. The van der Waals surface area contributed by atoms with Gasteiger partial charge in [0.25, 0.3) is 5.91 Å². The molecule has 2 amide bonds. The third-order valence-electron chi connectivity index (χ3n) is 4.64. The van der Waals surface area contributed by atoms with Crippen molar-refractivity contribution < 1.29 is 14.0 Å². The standard InChI is InChI=1S/C20H24FN5O2/c1-25(19(28)16-7-3-4-8-17(16)21)14-18(27)23-13-15-9-10-22-20(24-15)26-11-5-2-6-12-26/h3-4,7-10H,2,5-6,11-14H2,1H3,(H,23,27). The smallest absolute Gasteiger partial charge is 0.257 e. The van der Waals surface area contributed by atoms with Gasteiger partial charge in [0.2, 0.25) is 11.9 Å². The Labute approximate surface area is 163 Å². The summed E-state index contributed by atoms with van der Waals surface area (Å²) in [6.45, 7) is 1.96. The van der Waals surface area contributed by atoms with Crippen LogP contribution in [0, 0.1) is 5.82 Å². The number of aromatic nitrogens is 2. The summed E-state index contributed by atoms with van der Waals surface area (Å²) in [7, 11) is 1.47. The first-order valence-electron chi connectivity index (χ1n) is 9.38. The van der Waals surface area contributed by atoms with Crippen molar-refractivity contribution in [3.8, 4) is 0 Å². The van der Waals surface area contributed by atoms with Gasteiger partial charge < -0.3 is 15.1 Å². The molecule has 7 nitrogen and oxygen atoms in total. The maximum Gasteiger partial charge on any atom is 0.257 e. The molecule has 8 heteroatoms. The number of rotatable bonds is 6. The molecule has 2 heterocycles. The average Bonchev–Trinajstić information content (AvgIpc) is 2.73. The molecule has 148 valence electrons. The minimum absolute atomic E-state index is 0.0558. The van der Waals surface area contributed by atoms with Crippen molar-refractivity contribution in [2.24, 2.45) is 0 Å². The van der Waals surface area contributed by atoms with Crippen LogP contribution < -0.4 is 10.2 Å². The number of hydrogen-bond acceptors (Lipinski definition) is 5. The Kier molecular flexibility index (Phi) is 6.52. The van der Waals surface area contributed by atoms with Gasteiger partial charge in [-0.25, -0.2) is 14.4 Å². The summed E-state index contributed by atoms with van der Waals surface area (Å²) in [5.74, 6) is -0.808. The van der Waals surface area contributed by atoms with Crippen molar-refractivity contribution in [2.75, 3.05) is 31.6 Å². The lowest BCUT2D eigenvalue weighted by molar-refractivity contribution is -0.121. The van der Waals surface area contributed by atoms with Crippen LogP contribution in [-0.2, 0) is 11.3 Å². The Hall–Kier alpha value is -3.03. The highest BCUT2D eigenvalue weighted by molar-refractivity contribution is 5.96. The number of piperidine rings is 1. The number of amides is 2. The van der Waals surface area contributed by atoms with E-state index in [0.29, 0.717) is 11.6 Å². The topological polar surface area (TPSA) is 78.4 Å². The van der Waals surface area contributed by atoms with Gasteiger partial charge in [-0.1, -0.05) is 12.1 Å². The summed E-state index contributed by atoms with van der Waals surface area (Å²) < 4.78 is 13.7. The fraction of sp³-hybridized carbons (Fsp3) is 0.400. The molecule has 2 aromatic rings. The summed E-state index contributed by atoms with van der Waals surface area (Å²) in [6, 6.07) is 7.46. The number of halogens is 1. The molecule has 1 aliphatic rings. The molecule has 0 unspecified atom stereocenters. The molecule has 3 rings (SSSR count). The van der Waals surface area contributed by atoms with Crippen LogP contribution in [0.4, 0.5) is 10.3 Å². The Morgan fingerprint density at radius 2 is 1.93 bits per heavy atom. The number of anilines is 1. The zero-order valence-electron chi connectivity index (χ0n) is 15.9. The second-order valence-corrected chi connectivity index (χ2v) is 6.81. The first-order valence-corrected chi connectivity index (χ1v) is 9.38. The van der Waals surface area contributed by atoms with Gasteiger partial charge in [-0.3, -0.25) is 9.59 Å². The fourth-order valence-corrected chi connectivity index (χ4v) is 3.10. The molecular weight excluding hydrogens is 361 g/mol. The van der Waals surface area contributed by atoms with E-state index < -0.39 is 11.7 Å². The summed E-state index contributed by atoms with van der Waals surface area (Å²) >= 11 is 0. The van der Waals surface area contributed by atoms with Crippen LogP contribution in [0.15, 0.2) is 36.5 Å². The van der Waals surface area contributed by atoms with Gasteiger partial charge in [-0.15, -0.1) is 0 Å². The Bertz CT molecular complexity index is 839. The predicted molar refractivity (Wildman–Crippen MR) is 103 cm³/mol. The highest BCUT2D eigenvalue weighted by Crippen LogP contribution is 2.15. The van der Waals surface area contributed by atoms with E-state index in [0.717, 1.165) is 25.9 Å². The van der Waals surface area contributed by atoms with Crippen molar-refractivity contribution >= 4 is 17.8 Å². The van der Waals surface area contributed by atoms with Crippen LogP contribution in [0.2, 0.25) is 0 Å². The zero-order chi connectivity index (χ0) is 19.9. The molecule has 1 aromatic heterocycles. The highest BCUT2D eigenvalue weighted by atomic mass is 19.1. The van der Waals surface area contributed by atoms with E-state index in [2.05, 4.69) is 20.2 Å². The van der Waals surface area contributed by atoms with Crippen molar-refractivity contribution in [3.63, 3.8) is 0 Å². The van der Waals surface area contributed by atoms with Crippen molar-refractivity contribution in [2.45, 2.75) is 25.8 Å². The third kappa shape index (κ3) is 5.03. The number of nitrogens with zero attached hydrogens (tertiary/aromatic N) is 4. The minimum Gasteiger partial charge on any atom is -0.349 e. The first kappa shape index (κ1) is 19.7. The Morgan fingerprint density at radius 1 is 1.18 bits per heavy atom. The van der Waals surface area contributed by atoms with Gasteiger partial charge in [-0.05, 0) is 37.5 Å². The lowest BCUT2D eigenvalue weighted by atomic mass is 10.1. The van der Waals surface area contributed by atoms with Crippen molar-refractivity contribution in [1.82, 2.24) is 20.2 Å². The second-order valence-electron chi connectivity index (χ2n) is 6.81. The SMILES string of the molecule is CN(CC(=O)NCc1ccnc(N2CCCCC2)n1)C(=O)c1ccccc1F. The molecule has 0 atom stereocenters. The van der Waals surface area contributed by atoms with Crippen LogP contribution >= 0.6 is 0 Å². The van der Waals surface area contributed by atoms with Gasteiger partial charge in [0, 0.05) is 26.3 Å². The Balaban J connectivity index is 1.52. The largest absolute Gasteiger partial charge is 0.349 e. The molecule has 1 N–H and O–H groups in total. The summed E-state index contributed by atoms with van der Waals surface area (Å²) in [5, 5.41) is 2.75. The van der Waals surface area contributed by atoms with Gasteiger partial charge in [0.15, 0.2) is 0 Å². The molecule has 1 aliphatic heterocycles. The molecule has 1 aromatic carbocycles. The van der Waals surface area contributed by atoms with E-state index in [4.69, 9.17) is 0 Å². The molecule has 0 spiro atoms. The maximum absolute atomic E-state index is 13.7. The van der Waals surface area contributed by atoms with Gasteiger partial charge in [0.05, 0.1) is 24.3 Å². The summed E-state index contributed by atoms with van der Waals surface area (Å²) in [6.07, 6.45) is 5.18. The monoisotopic (exact) mass is 385 g/mol. The lowest BCUT2D eigenvalue weighted by Crippen LogP contribution is -2.38. The molecular formula is C20H24FN5O2. The molecule has 0 radical (unpaired) electrons. The van der Waals surface area contributed by atoms with E-state index in [9.17, 15) is 14.0 Å². The zero-order valence-corrected chi connectivity index (χ0v) is 15.9. The van der Waals surface area contributed by atoms with Crippen LogP contribution in [0.25, 0.3) is 0 Å².